The van der Waals surface area contributed by atoms with Crippen LogP contribution in [0.15, 0.2) is 78.9 Å². The fraction of sp³-hybridized carbons (Fsp3) is 0.130. The standard InChI is InChI=1S/C23H20FN3O/c1-27(14-15-28-19-10-3-2-4-11-19)23-20-12-5-6-13-21(20)25-22(26-23)17-8-7-9-18(24)16-17/h2-13,16H,14-15H2,1H3. The average molecular weight is 373 g/mol. The van der Waals surface area contributed by atoms with E-state index in [1.807, 2.05) is 72.6 Å². The van der Waals surface area contributed by atoms with Crippen LogP contribution in [0.4, 0.5) is 10.2 Å². The first-order chi connectivity index (χ1) is 13.7. The molecule has 28 heavy (non-hydrogen) atoms. The number of rotatable bonds is 6. The molecule has 0 unspecified atom stereocenters. The first kappa shape index (κ1) is 17.9. The van der Waals surface area contributed by atoms with E-state index in [0.717, 1.165) is 22.5 Å². The molecule has 4 rings (SSSR count). The summed E-state index contributed by atoms with van der Waals surface area (Å²) in [6.45, 7) is 1.17. The molecule has 0 fully saturated rings. The summed E-state index contributed by atoms with van der Waals surface area (Å²) in [7, 11) is 1.97. The van der Waals surface area contributed by atoms with Gasteiger partial charge in [-0.05, 0) is 36.4 Å². The molecule has 4 aromatic rings. The summed E-state index contributed by atoms with van der Waals surface area (Å²) in [5.74, 6) is 1.83. The van der Waals surface area contributed by atoms with Crippen molar-refractivity contribution in [3.63, 3.8) is 0 Å². The van der Waals surface area contributed by atoms with Crippen LogP contribution >= 0.6 is 0 Å². The second kappa shape index (κ2) is 8.05. The van der Waals surface area contributed by atoms with Gasteiger partial charge in [-0.2, -0.15) is 0 Å². The highest BCUT2D eigenvalue weighted by atomic mass is 19.1. The van der Waals surface area contributed by atoms with Crippen molar-refractivity contribution in [2.75, 3.05) is 25.1 Å². The molecule has 0 N–H and O–H groups in total. The Hall–Kier alpha value is -3.47. The number of fused-ring (bicyclic) bond motifs is 1. The van der Waals surface area contributed by atoms with Crippen LogP contribution in [0.1, 0.15) is 0 Å². The lowest BCUT2D eigenvalue weighted by atomic mass is 10.1. The number of benzene rings is 3. The Labute approximate surface area is 163 Å². The predicted octanol–water partition coefficient (Wildman–Crippen LogP) is 4.95. The molecule has 0 atom stereocenters. The molecule has 0 aliphatic heterocycles. The minimum absolute atomic E-state index is 0.305. The number of hydrogen-bond acceptors (Lipinski definition) is 4. The smallest absolute Gasteiger partial charge is 0.162 e. The van der Waals surface area contributed by atoms with Gasteiger partial charge >= 0.3 is 0 Å². The van der Waals surface area contributed by atoms with Crippen LogP contribution in [0, 0.1) is 5.82 Å². The van der Waals surface area contributed by atoms with Gasteiger partial charge in [-0.1, -0.05) is 42.5 Å². The fourth-order valence-electron chi connectivity index (χ4n) is 3.03. The third-order valence-corrected chi connectivity index (χ3v) is 4.47. The van der Waals surface area contributed by atoms with Crippen LogP contribution in [0.2, 0.25) is 0 Å². The van der Waals surface area contributed by atoms with Crippen molar-refractivity contribution in [1.82, 2.24) is 9.97 Å². The summed E-state index contributed by atoms with van der Waals surface area (Å²) in [6, 6.07) is 23.9. The normalized spacial score (nSPS) is 10.8. The van der Waals surface area contributed by atoms with E-state index < -0.39 is 0 Å². The lowest BCUT2D eigenvalue weighted by molar-refractivity contribution is 0.326. The van der Waals surface area contributed by atoms with E-state index in [-0.39, 0.29) is 5.82 Å². The highest BCUT2D eigenvalue weighted by molar-refractivity contribution is 5.91. The van der Waals surface area contributed by atoms with Crippen LogP contribution in [0.5, 0.6) is 5.75 Å². The largest absolute Gasteiger partial charge is 0.492 e. The van der Waals surface area contributed by atoms with Crippen molar-refractivity contribution in [3.8, 4) is 17.1 Å². The minimum atomic E-state index is -0.305. The SMILES string of the molecule is CN(CCOc1ccccc1)c1nc(-c2cccc(F)c2)nc2ccccc12. The summed E-state index contributed by atoms with van der Waals surface area (Å²) < 4.78 is 19.5. The van der Waals surface area contributed by atoms with Gasteiger partial charge in [0, 0.05) is 18.0 Å². The van der Waals surface area contributed by atoms with E-state index in [1.165, 1.54) is 12.1 Å². The van der Waals surface area contributed by atoms with Gasteiger partial charge in [-0.3, -0.25) is 0 Å². The van der Waals surface area contributed by atoms with Gasteiger partial charge in [-0.25, -0.2) is 14.4 Å². The molecule has 0 bridgehead atoms. The molecule has 1 aromatic heterocycles. The summed E-state index contributed by atoms with van der Waals surface area (Å²) in [5.41, 5.74) is 1.48. The van der Waals surface area contributed by atoms with Crippen LogP contribution in [0.3, 0.4) is 0 Å². The van der Waals surface area contributed by atoms with Crippen LogP contribution < -0.4 is 9.64 Å². The number of hydrogen-bond donors (Lipinski definition) is 0. The minimum Gasteiger partial charge on any atom is -0.492 e. The van der Waals surface area contributed by atoms with E-state index >= 15 is 0 Å². The molecule has 0 saturated heterocycles. The molecule has 0 spiro atoms. The lowest BCUT2D eigenvalue weighted by Crippen LogP contribution is -2.25. The second-order valence-corrected chi connectivity index (χ2v) is 6.48. The van der Waals surface area contributed by atoms with Gasteiger partial charge < -0.3 is 9.64 Å². The van der Waals surface area contributed by atoms with Gasteiger partial charge in [0.25, 0.3) is 0 Å². The van der Waals surface area contributed by atoms with Gasteiger partial charge in [0.05, 0.1) is 12.1 Å². The summed E-state index contributed by atoms with van der Waals surface area (Å²) in [6.07, 6.45) is 0. The first-order valence-corrected chi connectivity index (χ1v) is 9.12. The molecule has 5 heteroatoms. The number of nitrogens with zero attached hydrogens (tertiary/aromatic N) is 3. The summed E-state index contributed by atoms with van der Waals surface area (Å²) in [5, 5.41) is 0.949. The number of likely N-dealkylation sites (N-methyl/N-ethyl adjacent to an activating group) is 1. The Balaban J connectivity index is 1.63. The molecular formula is C23H20FN3O. The summed E-state index contributed by atoms with van der Waals surface area (Å²) >= 11 is 0. The topological polar surface area (TPSA) is 38.2 Å². The van der Waals surface area contributed by atoms with Gasteiger partial charge in [0.2, 0.25) is 0 Å². The highest BCUT2D eigenvalue weighted by Gasteiger charge is 2.13. The van der Waals surface area contributed by atoms with E-state index in [4.69, 9.17) is 9.72 Å². The third-order valence-electron chi connectivity index (χ3n) is 4.47. The monoisotopic (exact) mass is 373 g/mol. The average Bonchev–Trinajstić information content (AvgIpc) is 2.73. The number of anilines is 1. The Morgan fingerprint density at radius 1 is 0.893 bits per heavy atom. The maximum atomic E-state index is 13.7. The summed E-state index contributed by atoms with van der Waals surface area (Å²) in [4.78, 5) is 11.4. The molecule has 1 heterocycles. The Morgan fingerprint density at radius 2 is 1.68 bits per heavy atom. The zero-order valence-corrected chi connectivity index (χ0v) is 15.5. The Bertz CT molecular complexity index is 1090. The zero-order valence-electron chi connectivity index (χ0n) is 15.5. The first-order valence-electron chi connectivity index (χ1n) is 9.12. The lowest BCUT2D eigenvalue weighted by Gasteiger charge is -2.21. The molecule has 0 aliphatic carbocycles. The van der Waals surface area contributed by atoms with Crippen molar-refractivity contribution in [1.29, 1.82) is 0 Å². The quantitative estimate of drug-likeness (QED) is 0.479. The Kier molecular flexibility index (Phi) is 5.15. The van der Waals surface area contributed by atoms with Crippen molar-refractivity contribution >= 4 is 16.7 Å². The maximum Gasteiger partial charge on any atom is 0.162 e. The molecule has 140 valence electrons. The number of para-hydroxylation sites is 2. The van der Waals surface area contributed by atoms with Gasteiger partial charge in [-0.15, -0.1) is 0 Å². The highest BCUT2D eigenvalue weighted by Crippen LogP contribution is 2.27. The molecular weight excluding hydrogens is 353 g/mol. The Morgan fingerprint density at radius 3 is 2.50 bits per heavy atom. The number of aromatic nitrogens is 2. The van der Waals surface area contributed by atoms with Crippen LogP contribution in [-0.4, -0.2) is 30.2 Å². The van der Waals surface area contributed by atoms with E-state index in [0.29, 0.717) is 24.5 Å². The van der Waals surface area contributed by atoms with Gasteiger partial charge in [0.1, 0.15) is 24.0 Å². The van der Waals surface area contributed by atoms with Crippen LogP contribution in [0.25, 0.3) is 22.3 Å². The van der Waals surface area contributed by atoms with E-state index in [9.17, 15) is 4.39 Å². The van der Waals surface area contributed by atoms with Crippen molar-refractivity contribution in [3.05, 3.63) is 84.7 Å². The molecule has 3 aromatic carbocycles. The molecule has 0 radical (unpaired) electrons. The van der Waals surface area contributed by atoms with Gasteiger partial charge in [0.15, 0.2) is 5.82 Å². The van der Waals surface area contributed by atoms with E-state index in [2.05, 4.69) is 4.98 Å². The van der Waals surface area contributed by atoms with E-state index in [1.54, 1.807) is 6.07 Å². The predicted molar refractivity (Wildman–Crippen MR) is 110 cm³/mol. The molecule has 0 aliphatic rings. The van der Waals surface area contributed by atoms with Crippen molar-refractivity contribution in [2.45, 2.75) is 0 Å². The number of ether oxygens (including phenoxy) is 1. The molecule has 4 nitrogen and oxygen atoms in total. The second-order valence-electron chi connectivity index (χ2n) is 6.48. The zero-order chi connectivity index (χ0) is 19.3. The number of halogens is 1. The van der Waals surface area contributed by atoms with Crippen molar-refractivity contribution < 1.29 is 9.13 Å². The maximum absolute atomic E-state index is 13.7. The molecule has 0 saturated carbocycles. The molecule has 0 amide bonds. The fourth-order valence-corrected chi connectivity index (χ4v) is 3.03. The van der Waals surface area contributed by atoms with Crippen LogP contribution in [-0.2, 0) is 0 Å². The third kappa shape index (κ3) is 3.93. The van der Waals surface area contributed by atoms with Crippen molar-refractivity contribution in [2.24, 2.45) is 0 Å².